The highest BCUT2D eigenvalue weighted by molar-refractivity contribution is 5.67. The van der Waals surface area contributed by atoms with Crippen molar-refractivity contribution < 1.29 is 4.74 Å². The van der Waals surface area contributed by atoms with Gasteiger partial charge in [-0.2, -0.15) is 0 Å². The molecule has 5 nitrogen and oxygen atoms in total. The second kappa shape index (κ2) is 7.92. The monoisotopic (exact) mass is 398 g/mol. The lowest BCUT2D eigenvalue weighted by Gasteiger charge is -2.29. The molecule has 0 N–H and O–H groups in total. The second-order valence-corrected chi connectivity index (χ2v) is 8.07. The first kappa shape index (κ1) is 18.8. The normalized spacial score (nSPS) is 15.5. The number of ether oxygens (including phenoxy) is 1. The van der Waals surface area contributed by atoms with Crippen LogP contribution in [0.4, 0.5) is 0 Å². The molecule has 4 aromatic rings. The van der Waals surface area contributed by atoms with Crippen molar-refractivity contribution in [3.8, 4) is 28.3 Å². The van der Waals surface area contributed by atoms with Gasteiger partial charge in [-0.1, -0.05) is 24.3 Å². The molecule has 0 atom stereocenters. The summed E-state index contributed by atoms with van der Waals surface area (Å²) < 4.78 is 7.38. The average molecular weight is 399 g/mol. The molecular weight excluding hydrogens is 372 g/mol. The molecule has 5 rings (SSSR count). The minimum absolute atomic E-state index is 0.668. The van der Waals surface area contributed by atoms with Crippen LogP contribution in [-0.4, -0.2) is 46.5 Å². The van der Waals surface area contributed by atoms with Gasteiger partial charge in [0.2, 0.25) is 0 Å². The maximum absolute atomic E-state index is 5.27. The van der Waals surface area contributed by atoms with Gasteiger partial charge in [0.25, 0.3) is 0 Å². The fraction of sp³-hybridized carbons (Fsp3) is 0.280. The Hall–Kier alpha value is -3.18. The number of fused-ring (bicyclic) bond motifs is 1. The van der Waals surface area contributed by atoms with Crippen molar-refractivity contribution in [2.45, 2.75) is 18.8 Å². The van der Waals surface area contributed by atoms with E-state index in [-0.39, 0.29) is 0 Å². The molecule has 0 bridgehead atoms. The Bertz CT molecular complexity index is 1140. The maximum Gasteiger partial charge on any atom is 0.155 e. The summed E-state index contributed by atoms with van der Waals surface area (Å²) in [5, 5.41) is 0. The van der Waals surface area contributed by atoms with Crippen molar-refractivity contribution in [2.75, 3.05) is 27.2 Å². The van der Waals surface area contributed by atoms with E-state index in [9.17, 15) is 0 Å². The van der Waals surface area contributed by atoms with Gasteiger partial charge in [0, 0.05) is 17.3 Å². The summed E-state index contributed by atoms with van der Waals surface area (Å²) >= 11 is 0. The molecule has 152 valence electrons. The Kier molecular flexibility index (Phi) is 4.97. The molecule has 30 heavy (non-hydrogen) atoms. The van der Waals surface area contributed by atoms with Crippen LogP contribution < -0.4 is 4.74 Å². The van der Waals surface area contributed by atoms with E-state index in [4.69, 9.17) is 4.74 Å². The lowest BCUT2D eigenvalue weighted by Crippen LogP contribution is -2.29. The Morgan fingerprint density at radius 2 is 1.57 bits per heavy atom. The lowest BCUT2D eigenvalue weighted by atomic mass is 9.89. The van der Waals surface area contributed by atoms with Crippen LogP contribution in [0, 0.1) is 0 Å². The topological polar surface area (TPSA) is 42.7 Å². The molecule has 0 spiro atoms. The van der Waals surface area contributed by atoms with E-state index in [0.717, 1.165) is 33.9 Å². The van der Waals surface area contributed by atoms with Crippen molar-refractivity contribution in [1.29, 1.82) is 0 Å². The SMILES string of the molecule is COc1ccc(-c2cnc3cnc(-c4ccc(C5CCN(C)CC5)cc4)cn23)cc1. The molecule has 1 aliphatic rings. The largest absolute Gasteiger partial charge is 0.497 e. The highest BCUT2D eigenvalue weighted by atomic mass is 16.5. The number of hydrogen-bond acceptors (Lipinski definition) is 4. The fourth-order valence-corrected chi connectivity index (χ4v) is 4.28. The quantitative estimate of drug-likeness (QED) is 0.491. The predicted molar refractivity (Wildman–Crippen MR) is 120 cm³/mol. The van der Waals surface area contributed by atoms with Crippen molar-refractivity contribution in [3.63, 3.8) is 0 Å². The second-order valence-electron chi connectivity index (χ2n) is 8.07. The van der Waals surface area contributed by atoms with E-state index in [2.05, 4.69) is 68.9 Å². The van der Waals surface area contributed by atoms with Crippen LogP contribution >= 0.6 is 0 Å². The Balaban J connectivity index is 1.44. The van der Waals surface area contributed by atoms with E-state index in [1.165, 1.54) is 31.5 Å². The molecular formula is C25H26N4O. The first-order valence-corrected chi connectivity index (χ1v) is 10.5. The summed E-state index contributed by atoms with van der Waals surface area (Å²) in [6.45, 7) is 2.36. The van der Waals surface area contributed by atoms with Crippen molar-refractivity contribution in [1.82, 2.24) is 19.3 Å². The number of methoxy groups -OCH3 is 1. The van der Waals surface area contributed by atoms with Gasteiger partial charge in [0.05, 0.1) is 30.9 Å². The Morgan fingerprint density at radius 3 is 2.27 bits per heavy atom. The number of piperidine rings is 1. The summed E-state index contributed by atoms with van der Waals surface area (Å²) in [7, 11) is 3.89. The lowest BCUT2D eigenvalue weighted by molar-refractivity contribution is 0.255. The highest BCUT2D eigenvalue weighted by Crippen LogP contribution is 2.30. The van der Waals surface area contributed by atoms with Crippen LogP contribution in [0.1, 0.15) is 24.3 Å². The molecule has 1 saturated heterocycles. The number of aromatic nitrogens is 3. The van der Waals surface area contributed by atoms with Gasteiger partial charge in [-0.3, -0.25) is 9.38 Å². The number of likely N-dealkylation sites (tertiary alicyclic amines) is 1. The number of hydrogen-bond donors (Lipinski definition) is 0. The van der Waals surface area contributed by atoms with Gasteiger partial charge in [0.1, 0.15) is 5.75 Å². The Labute approximate surface area is 177 Å². The van der Waals surface area contributed by atoms with Crippen LogP contribution in [0.5, 0.6) is 5.75 Å². The van der Waals surface area contributed by atoms with Gasteiger partial charge < -0.3 is 9.64 Å². The first-order valence-electron chi connectivity index (χ1n) is 10.5. The number of nitrogens with zero attached hydrogens (tertiary/aromatic N) is 4. The van der Waals surface area contributed by atoms with E-state index in [1.54, 1.807) is 7.11 Å². The summed E-state index contributed by atoms with van der Waals surface area (Å²) in [6.07, 6.45) is 8.28. The van der Waals surface area contributed by atoms with Gasteiger partial charge in [-0.05, 0) is 68.7 Å². The highest BCUT2D eigenvalue weighted by Gasteiger charge is 2.18. The van der Waals surface area contributed by atoms with Gasteiger partial charge in [-0.25, -0.2) is 4.98 Å². The third-order valence-electron chi connectivity index (χ3n) is 6.18. The number of rotatable bonds is 4. The molecule has 0 aliphatic carbocycles. The predicted octanol–water partition coefficient (Wildman–Crippen LogP) is 4.88. The average Bonchev–Trinajstić information content (AvgIpc) is 3.23. The van der Waals surface area contributed by atoms with Gasteiger partial charge in [0.15, 0.2) is 5.65 Å². The standard InChI is InChI=1S/C25H26N4O/c1-28-13-11-19(12-14-28)18-3-5-20(6-4-18)23-17-29-24(15-27-25(29)16-26-23)21-7-9-22(30-2)10-8-21/h3-10,15-17,19H,11-14H2,1-2H3. The molecule has 3 heterocycles. The zero-order valence-electron chi connectivity index (χ0n) is 17.5. The van der Waals surface area contributed by atoms with Gasteiger partial charge >= 0.3 is 0 Å². The number of imidazole rings is 1. The van der Waals surface area contributed by atoms with Crippen LogP contribution in [0.2, 0.25) is 0 Å². The molecule has 0 unspecified atom stereocenters. The van der Waals surface area contributed by atoms with Crippen LogP contribution in [0.3, 0.4) is 0 Å². The number of benzene rings is 2. The molecule has 1 aliphatic heterocycles. The summed E-state index contributed by atoms with van der Waals surface area (Å²) in [5.74, 6) is 1.51. The third-order valence-corrected chi connectivity index (χ3v) is 6.18. The molecule has 5 heteroatoms. The molecule has 0 radical (unpaired) electrons. The van der Waals surface area contributed by atoms with Crippen LogP contribution in [0.15, 0.2) is 67.1 Å². The van der Waals surface area contributed by atoms with Crippen molar-refractivity contribution >= 4 is 5.65 Å². The van der Waals surface area contributed by atoms with Crippen LogP contribution in [-0.2, 0) is 0 Å². The maximum atomic E-state index is 5.27. The summed E-state index contributed by atoms with van der Waals surface area (Å²) in [6, 6.07) is 17.0. The summed E-state index contributed by atoms with van der Waals surface area (Å²) in [5.41, 5.74) is 6.49. The van der Waals surface area contributed by atoms with E-state index in [0.29, 0.717) is 5.92 Å². The first-order chi connectivity index (χ1) is 14.7. The molecule has 0 amide bonds. The minimum atomic E-state index is 0.668. The summed E-state index contributed by atoms with van der Waals surface area (Å²) in [4.78, 5) is 11.6. The zero-order chi connectivity index (χ0) is 20.5. The zero-order valence-corrected chi connectivity index (χ0v) is 17.5. The Morgan fingerprint density at radius 1 is 0.867 bits per heavy atom. The third kappa shape index (κ3) is 3.57. The van der Waals surface area contributed by atoms with Crippen LogP contribution in [0.25, 0.3) is 28.2 Å². The van der Waals surface area contributed by atoms with Crippen molar-refractivity contribution in [2.24, 2.45) is 0 Å². The van der Waals surface area contributed by atoms with E-state index in [1.807, 2.05) is 24.5 Å². The van der Waals surface area contributed by atoms with E-state index >= 15 is 0 Å². The van der Waals surface area contributed by atoms with Crippen molar-refractivity contribution in [3.05, 3.63) is 72.7 Å². The fourth-order valence-electron chi connectivity index (χ4n) is 4.28. The smallest absolute Gasteiger partial charge is 0.155 e. The molecule has 1 fully saturated rings. The molecule has 2 aromatic carbocycles. The molecule has 0 saturated carbocycles. The molecule has 2 aromatic heterocycles. The minimum Gasteiger partial charge on any atom is -0.497 e. The van der Waals surface area contributed by atoms with E-state index < -0.39 is 0 Å². The van der Waals surface area contributed by atoms with Gasteiger partial charge in [-0.15, -0.1) is 0 Å².